The molecule has 0 aliphatic carbocycles. The van der Waals surface area contributed by atoms with Crippen molar-refractivity contribution in [3.05, 3.63) is 52.7 Å². The molecule has 3 rings (SSSR count). The number of nitrogens with zero attached hydrogens (tertiary/aromatic N) is 3. The SMILES string of the molecule is CNc1ccc(CC2CCCN(C(=O)c3cccc(Cl)c3)C2)nn1. The number of likely N-dealkylation sites (tertiary alicyclic amines) is 1. The lowest BCUT2D eigenvalue weighted by molar-refractivity contribution is 0.0672. The third kappa shape index (κ3) is 4.03. The van der Waals surface area contributed by atoms with E-state index in [4.69, 9.17) is 11.6 Å². The van der Waals surface area contributed by atoms with E-state index in [0.29, 0.717) is 16.5 Å². The van der Waals surface area contributed by atoms with Gasteiger partial charge >= 0.3 is 0 Å². The second-order valence-electron chi connectivity index (χ2n) is 6.13. The molecule has 1 N–H and O–H groups in total. The molecular weight excluding hydrogens is 324 g/mol. The molecule has 1 aliphatic rings. The molecule has 126 valence electrons. The highest BCUT2D eigenvalue weighted by Gasteiger charge is 2.25. The monoisotopic (exact) mass is 344 g/mol. The molecule has 1 amide bonds. The minimum absolute atomic E-state index is 0.0545. The number of hydrogen-bond donors (Lipinski definition) is 1. The molecule has 0 bridgehead atoms. The molecule has 0 spiro atoms. The summed E-state index contributed by atoms with van der Waals surface area (Å²) in [6.07, 6.45) is 2.96. The molecule has 1 aromatic heterocycles. The maximum absolute atomic E-state index is 12.7. The van der Waals surface area contributed by atoms with Gasteiger partial charge in [-0.05, 0) is 55.5 Å². The average molecular weight is 345 g/mol. The highest BCUT2D eigenvalue weighted by atomic mass is 35.5. The highest BCUT2D eigenvalue weighted by Crippen LogP contribution is 2.22. The minimum atomic E-state index is 0.0545. The summed E-state index contributed by atoms with van der Waals surface area (Å²) in [4.78, 5) is 14.6. The van der Waals surface area contributed by atoms with E-state index in [0.717, 1.165) is 43.9 Å². The molecule has 2 heterocycles. The molecule has 0 radical (unpaired) electrons. The first-order valence-corrected chi connectivity index (χ1v) is 8.58. The van der Waals surface area contributed by atoms with Gasteiger partial charge in [-0.3, -0.25) is 4.79 Å². The van der Waals surface area contributed by atoms with Crippen LogP contribution in [-0.2, 0) is 6.42 Å². The topological polar surface area (TPSA) is 58.1 Å². The van der Waals surface area contributed by atoms with E-state index in [2.05, 4.69) is 15.5 Å². The summed E-state index contributed by atoms with van der Waals surface area (Å²) in [7, 11) is 1.82. The fraction of sp³-hybridized carbons (Fsp3) is 0.389. The van der Waals surface area contributed by atoms with Crippen molar-refractivity contribution in [3.8, 4) is 0 Å². The van der Waals surface area contributed by atoms with Crippen LogP contribution in [0.4, 0.5) is 5.82 Å². The quantitative estimate of drug-likeness (QED) is 0.924. The number of piperidine rings is 1. The first-order valence-electron chi connectivity index (χ1n) is 8.21. The van der Waals surface area contributed by atoms with Gasteiger partial charge in [0.1, 0.15) is 5.82 Å². The van der Waals surface area contributed by atoms with Crippen LogP contribution in [0, 0.1) is 5.92 Å². The molecule has 24 heavy (non-hydrogen) atoms. The number of halogens is 1. The predicted octanol–water partition coefficient (Wildman–Crippen LogP) is 3.27. The molecule has 1 aliphatic heterocycles. The Morgan fingerprint density at radius 1 is 1.33 bits per heavy atom. The summed E-state index contributed by atoms with van der Waals surface area (Å²) >= 11 is 6.00. The summed E-state index contributed by atoms with van der Waals surface area (Å²) in [5.74, 6) is 1.23. The lowest BCUT2D eigenvalue weighted by Crippen LogP contribution is -2.40. The fourth-order valence-corrected chi connectivity index (χ4v) is 3.31. The van der Waals surface area contributed by atoms with Crippen molar-refractivity contribution in [2.45, 2.75) is 19.3 Å². The number of benzene rings is 1. The maximum Gasteiger partial charge on any atom is 0.253 e. The zero-order chi connectivity index (χ0) is 16.9. The van der Waals surface area contributed by atoms with Gasteiger partial charge < -0.3 is 10.2 Å². The van der Waals surface area contributed by atoms with Crippen LogP contribution in [0.5, 0.6) is 0 Å². The van der Waals surface area contributed by atoms with E-state index in [9.17, 15) is 4.79 Å². The number of aromatic nitrogens is 2. The van der Waals surface area contributed by atoms with Crippen LogP contribution < -0.4 is 5.32 Å². The largest absolute Gasteiger partial charge is 0.372 e. The van der Waals surface area contributed by atoms with Crippen molar-refractivity contribution in [1.29, 1.82) is 0 Å². The molecule has 2 aromatic rings. The second kappa shape index (κ2) is 7.62. The number of hydrogen-bond acceptors (Lipinski definition) is 4. The van der Waals surface area contributed by atoms with Gasteiger partial charge in [0.05, 0.1) is 5.69 Å². The molecular formula is C18H21ClN4O. The predicted molar refractivity (Wildman–Crippen MR) is 95.4 cm³/mol. The van der Waals surface area contributed by atoms with E-state index in [1.54, 1.807) is 12.1 Å². The van der Waals surface area contributed by atoms with Crippen LogP contribution in [0.15, 0.2) is 36.4 Å². The van der Waals surface area contributed by atoms with Crippen LogP contribution in [-0.4, -0.2) is 41.1 Å². The number of nitrogens with one attached hydrogen (secondary N) is 1. The van der Waals surface area contributed by atoms with E-state index < -0.39 is 0 Å². The Bertz CT molecular complexity index is 704. The smallest absolute Gasteiger partial charge is 0.253 e. The lowest BCUT2D eigenvalue weighted by Gasteiger charge is -2.32. The summed E-state index contributed by atoms with van der Waals surface area (Å²) in [6, 6.07) is 11.1. The van der Waals surface area contributed by atoms with Crippen molar-refractivity contribution in [2.75, 3.05) is 25.5 Å². The number of anilines is 1. The fourth-order valence-electron chi connectivity index (χ4n) is 3.12. The van der Waals surface area contributed by atoms with Crippen LogP contribution >= 0.6 is 11.6 Å². The van der Waals surface area contributed by atoms with Crippen molar-refractivity contribution in [1.82, 2.24) is 15.1 Å². The summed E-state index contributed by atoms with van der Waals surface area (Å²) in [5, 5.41) is 11.9. The zero-order valence-corrected chi connectivity index (χ0v) is 14.5. The second-order valence-corrected chi connectivity index (χ2v) is 6.57. The van der Waals surface area contributed by atoms with Gasteiger partial charge in [-0.2, -0.15) is 5.10 Å². The molecule has 1 atom stereocenters. The Labute approximate surface area is 147 Å². The number of carbonyl (C=O) groups excluding carboxylic acids is 1. The van der Waals surface area contributed by atoms with Gasteiger partial charge in [0, 0.05) is 30.7 Å². The summed E-state index contributed by atoms with van der Waals surface area (Å²) in [5.41, 5.74) is 1.62. The number of carbonyl (C=O) groups is 1. The molecule has 5 nitrogen and oxygen atoms in total. The third-order valence-electron chi connectivity index (χ3n) is 4.35. The summed E-state index contributed by atoms with van der Waals surface area (Å²) in [6.45, 7) is 1.55. The third-order valence-corrected chi connectivity index (χ3v) is 4.59. The van der Waals surface area contributed by atoms with Crippen LogP contribution in [0.25, 0.3) is 0 Å². The normalized spacial score (nSPS) is 17.6. The number of rotatable bonds is 4. The minimum Gasteiger partial charge on any atom is -0.372 e. The van der Waals surface area contributed by atoms with Crippen molar-refractivity contribution >= 4 is 23.3 Å². The van der Waals surface area contributed by atoms with E-state index in [1.807, 2.05) is 36.2 Å². The molecule has 0 saturated carbocycles. The van der Waals surface area contributed by atoms with Gasteiger partial charge in [0.15, 0.2) is 0 Å². The Morgan fingerprint density at radius 3 is 2.92 bits per heavy atom. The van der Waals surface area contributed by atoms with Crippen molar-refractivity contribution in [3.63, 3.8) is 0 Å². The van der Waals surface area contributed by atoms with Crippen LogP contribution in [0.3, 0.4) is 0 Å². The summed E-state index contributed by atoms with van der Waals surface area (Å²) < 4.78 is 0. The van der Waals surface area contributed by atoms with E-state index in [-0.39, 0.29) is 5.91 Å². The Morgan fingerprint density at radius 2 is 2.21 bits per heavy atom. The first kappa shape index (κ1) is 16.7. The average Bonchev–Trinajstić information content (AvgIpc) is 2.62. The Hall–Kier alpha value is -2.14. The van der Waals surface area contributed by atoms with Crippen LogP contribution in [0.1, 0.15) is 28.9 Å². The van der Waals surface area contributed by atoms with Gasteiger partial charge in [-0.25, -0.2) is 0 Å². The van der Waals surface area contributed by atoms with Crippen molar-refractivity contribution in [2.24, 2.45) is 5.92 Å². The van der Waals surface area contributed by atoms with Gasteiger partial charge in [0.2, 0.25) is 0 Å². The zero-order valence-electron chi connectivity index (χ0n) is 13.7. The van der Waals surface area contributed by atoms with Crippen molar-refractivity contribution < 1.29 is 4.79 Å². The molecule has 1 aromatic carbocycles. The van der Waals surface area contributed by atoms with Gasteiger partial charge in [-0.15, -0.1) is 5.10 Å². The van der Waals surface area contributed by atoms with E-state index in [1.165, 1.54) is 0 Å². The molecule has 1 fully saturated rings. The molecule has 1 unspecified atom stereocenters. The Kier molecular flexibility index (Phi) is 5.30. The molecule has 6 heteroatoms. The first-order chi connectivity index (χ1) is 11.7. The standard InChI is InChI=1S/C18H21ClN4O/c1-20-17-8-7-16(21-22-17)10-13-4-3-9-23(12-13)18(24)14-5-2-6-15(19)11-14/h2,5-8,11,13H,3-4,9-10,12H2,1H3,(H,20,22). The van der Waals surface area contributed by atoms with Gasteiger partial charge in [-0.1, -0.05) is 17.7 Å². The molecule has 1 saturated heterocycles. The lowest BCUT2D eigenvalue weighted by atomic mass is 9.93. The maximum atomic E-state index is 12.7. The Balaban J connectivity index is 1.64. The van der Waals surface area contributed by atoms with Crippen LogP contribution in [0.2, 0.25) is 5.02 Å². The number of amides is 1. The highest BCUT2D eigenvalue weighted by molar-refractivity contribution is 6.30. The van der Waals surface area contributed by atoms with E-state index >= 15 is 0 Å². The van der Waals surface area contributed by atoms with Gasteiger partial charge in [0.25, 0.3) is 5.91 Å².